The standard InChI is InChI=1S/C21H13Cl3N2O2S/c1-11-8-13(3-6-16(11)23)25-21-26-20(27)19(29-21)10-14-4-7-18(28-14)15-5-2-12(22)9-17(15)24/h2-10H,1H3,(H,25,26,27)/b19-10+. The Labute approximate surface area is 186 Å². The Balaban J connectivity index is 1.56. The van der Waals surface area contributed by atoms with E-state index in [0.29, 0.717) is 42.3 Å². The normalized spacial score (nSPS) is 16.6. The lowest BCUT2D eigenvalue weighted by Crippen LogP contribution is -2.19. The number of amidine groups is 1. The lowest BCUT2D eigenvalue weighted by atomic mass is 10.2. The highest BCUT2D eigenvalue weighted by molar-refractivity contribution is 8.18. The first-order valence-electron chi connectivity index (χ1n) is 8.50. The number of hydrogen-bond acceptors (Lipinski definition) is 4. The minimum Gasteiger partial charge on any atom is -0.457 e. The van der Waals surface area contributed by atoms with E-state index in [2.05, 4.69) is 10.3 Å². The number of aryl methyl sites for hydroxylation is 1. The van der Waals surface area contributed by atoms with Gasteiger partial charge in [0.2, 0.25) is 0 Å². The van der Waals surface area contributed by atoms with Crippen LogP contribution in [0.5, 0.6) is 0 Å². The van der Waals surface area contributed by atoms with E-state index in [-0.39, 0.29) is 5.91 Å². The van der Waals surface area contributed by atoms with Gasteiger partial charge in [0.05, 0.1) is 15.6 Å². The van der Waals surface area contributed by atoms with Crippen LogP contribution >= 0.6 is 46.6 Å². The third kappa shape index (κ3) is 4.54. The summed E-state index contributed by atoms with van der Waals surface area (Å²) < 4.78 is 5.83. The van der Waals surface area contributed by atoms with Crippen LogP contribution in [0.3, 0.4) is 0 Å². The van der Waals surface area contributed by atoms with Crippen LogP contribution in [-0.2, 0) is 4.79 Å². The Morgan fingerprint density at radius 1 is 1.03 bits per heavy atom. The van der Waals surface area contributed by atoms with Gasteiger partial charge in [0.1, 0.15) is 11.5 Å². The molecule has 0 atom stereocenters. The average molecular weight is 464 g/mol. The Kier molecular flexibility index (Phi) is 5.74. The van der Waals surface area contributed by atoms with Crippen LogP contribution in [0.2, 0.25) is 15.1 Å². The van der Waals surface area contributed by atoms with Gasteiger partial charge in [-0.25, -0.2) is 4.99 Å². The number of furan rings is 1. The van der Waals surface area contributed by atoms with Crippen LogP contribution in [0.4, 0.5) is 5.69 Å². The minimum atomic E-state index is -0.234. The van der Waals surface area contributed by atoms with Crippen LogP contribution in [-0.4, -0.2) is 11.1 Å². The zero-order valence-corrected chi connectivity index (χ0v) is 18.1. The lowest BCUT2D eigenvalue weighted by molar-refractivity contribution is -0.115. The van der Waals surface area contributed by atoms with Gasteiger partial charge < -0.3 is 9.73 Å². The summed E-state index contributed by atoms with van der Waals surface area (Å²) in [6.45, 7) is 1.90. The van der Waals surface area contributed by atoms with E-state index in [4.69, 9.17) is 39.2 Å². The first-order chi connectivity index (χ1) is 13.9. The monoisotopic (exact) mass is 462 g/mol. The summed E-state index contributed by atoms with van der Waals surface area (Å²) >= 11 is 19.5. The quantitative estimate of drug-likeness (QED) is 0.421. The van der Waals surface area contributed by atoms with Crippen LogP contribution in [0.25, 0.3) is 17.4 Å². The largest absolute Gasteiger partial charge is 0.457 e. The zero-order chi connectivity index (χ0) is 20.5. The predicted molar refractivity (Wildman–Crippen MR) is 121 cm³/mol. The molecule has 3 aromatic rings. The molecule has 8 heteroatoms. The molecule has 1 amide bonds. The van der Waals surface area contributed by atoms with E-state index in [1.807, 2.05) is 13.0 Å². The molecule has 0 unspecified atom stereocenters. The first-order valence-corrected chi connectivity index (χ1v) is 10.4. The molecule has 0 radical (unpaired) electrons. The second kappa shape index (κ2) is 8.28. The van der Waals surface area contributed by atoms with Crippen molar-refractivity contribution in [3.63, 3.8) is 0 Å². The molecule has 0 bridgehead atoms. The van der Waals surface area contributed by atoms with Crippen molar-refractivity contribution in [2.75, 3.05) is 0 Å². The first kappa shape index (κ1) is 20.1. The predicted octanol–water partition coefficient (Wildman–Crippen LogP) is 7.11. The minimum absolute atomic E-state index is 0.234. The number of carbonyl (C=O) groups excluding carboxylic acids is 1. The third-order valence-electron chi connectivity index (χ3n) is 4.12. The highest BCUT2D eigenvalue weighted by Gasteiger charge is 2.24. The second-order valence-corrected chi connectivity index (χ2v) is 8.52. The molecular formula is C21H13Cl3N2O2S. The highest BCUT2D eigenvalue weighted by atomic mass is 35.5. The van der Waals surface area contributed by atoms with Gasteiger partial charge >= 0.3 is 0 Å². The molecule has 146 valence electrons. The molecule has 4 rings (SSSR count). The molecule has 1 aromatic heterocycles. The van der Waals surface area contributed by atoms with Gasteiger partial charge in [-0.05, 0) is 72.8 Å². The van der Waals surface area contributed by atoms with Crippen LogP contribution in [0.1, 0.15) is 11.3 Å². The van der Waals surface area contributed by atoms with E-state index >= 15 is 0 Å². The number of aliphatic imine (C=N–C) groups is 1. The smallest absolute Gasteiger partial charge is 0.264 e. The van der Waals surface area contributed by atoms with Crippen molar-refractivity contribution in [1.29, 1.82) is 0 Å². The number of halogens is 3. The van der Waals surface area contributed by atoms with Crippen molar-refractivity contribution in [3.05, 3.63) is 79.8 Å². The average Bonchev–Trinajstić information content (AvgIpc) is 3.25. The summed E-state index contributed by atoms with van der Waals surface area (Å²) in [4.78, 5) is 17.2. The van der Waals surface area contributed by atoms with Gasteiger partial charge in [0.25, 0.3) is 5.91 Å². The Bertz CT molecular complexity index is 1180. The molecule has 0 saturated carbocycles. The topological polar surface area (TPSA) is 54.6 Å². The Morgan fingerprint density at radius 2 is 1.86 bits per heavy atom. The van der Waals surface area contributed by atoms with E-state index in [9.17, 15) is 4.79 Å². The summed E-state index contributed by atoms with van der Waals surface area (Å²) in [5, 5.41) is 4.97. The maximum Gasteiger partial charge on any atom is 0.264 e. The number of carbonyl (C=O) groups is 1. The van der Waals surface area contributed by atoms with Crippen molar-refractivity contribution < 1.29 is 9.21 Å². The van der Waals surface area contributed by atoms with Crippen LogP contribution in [0, 0.1) is 6.92 Å². The van der Waals surface area contributed by atoms with Crippen LogP contribution in [0.15, 0.2) is 62.8 Å². The Morgan fingerprint density at radius 3 is 2.62 bits per heavy atom. The summed E-state index contributed by atoms with van der Waals surface area (Å²) in [7, 11) is 0. The number of nitrogens with zero attached hydrogens (tertiary/aromatic N) is 1. The summed E-state index contributed by atoms with van der Waals surface area (Å²) in [5.41, 5.74) is 2.36. The van der Waals surface area contributed by atoms with E-state index < -0.39 is 0 Å². The van der Waals surface area contributed by atoms with Crippen molar-refractivity contribution in [2.45, 2.75) is 6.92 Å². The molecule has 0 spiro atoms. The molecule has 1 aliphatic rings. The molecule has 29 heavy (non-hydrogen) atoms. The second-order valence-electron chi connectivity index (χ2n) is 6.24. The summed E-state index contributed by atoms with van der Waals surface area (Å²) in [5.74, 6) is 0.890. The molecule has 4 nitrogen and oxygen atoms in total. The van der Waals surface area contributed by atoms with E-state index in [1.54, 1.807) is 48.5 Å². The maximum atomic E-state index is 12.3. The van der Waals surface area contributed by atoms with Crippen molar-refractivity contribution in [3.8, 4) is 11.3 Å². The summed E-state index contributed by atoms with van der Waals surface area (Å²) in [6.07, 6.45) is 1.67. The third-order valence-corrected chi connectivity index (χ3v) is 6.00. The van der Waals surface area contributed by atoms with Gasteiger partial charge in [-0.15, -0.1) is 0 Å². The van der Waals surface area contributed by atoms with Gasteiger partial charge in [-0.1, -0.05) is 34.8 Å². The van der Waals surface area contributed by atoms with Gasteiger partial charge in [-0.3, -0.25) is 4.79 Å². The van der Waals surface area contributed by atoms with Crippen molar-refractivity contribution in [2.24, 2.45) is 4.99 Å². The number of thioether (sulfide) groups is 1. The molecule has 1 aliphatic heterocycles. The van der Waals surface area contributed by atoms with Crippen LogP contribution < -0.4 is 5.32 Å². The number of benzene rings is 2. The summed E-state index contributed by atoms with van der Waals surface area (Å²) in [6, 6.07) is 14.2. The zero-order valence-electron chi connectivity index (χ0n) is 15.0. The SMILES string of the molecule is Cc1cc(N=C2NC(=O)/C(=C\c3ccc(-c4ccc(Cl)cc4Cl)o3)S2)ccc1Cl. The molecule has 2 heterocycles. The van der Waals surface area contributed by atoms with E-state index in [0.717, 1.165) is 11.1 Å². The fourth-order valence-electron chi connectivity index (χ4n) is 2.69. The van der Waals surface area contributed by atoms with Gasteiger partial charge in [0.15, 0.2) is 5.17 Å². The van der Waals surface area contributed by atoms with E-state index in [1.165, 1.54) is 11.8 Å². The van der Waals surface area contributed by atoms with Gasteiger partial charge in [0, 0.05) is 21.7 Å². The molecule has 0 aliphatic carbocycles. The fraction of sp³-hybridized carbons (Fsp3) is 0.0476. The maximum absolute atomic E-state index is 12.3. The number of hydrogen-bond donors (Lipinski definition) is 1. The highest BCUT2D eigenvalue weighted by Crippen LogP contribution is 2.34. The lowest BCUT2D eigenvalue weighted by Gasteiger charge is -2.00. The Hall–Kier alpha value is -2.18. The van der Waals surface area contributed by atoms with Crippen molar-refractivity contribution >= 4 is 69.4 Å². The molecule has 2 aromatic carbocycles. The molecule has 1 saturated heterocycles. The van der Waals surface area contributed by atoms with Crippen molar-refractivity contribution in [1.82, 2.24) is 5.32 Å². The molecule has 1 N–H and O–H groups in total. The fourth-order valence-corrected chi connectivity index (χ4v) is 4.13. The van der Waals surface area contributed by atoms with Gasteiger partial charge in [-0.2, -0.15) is 0 Å². The molecule has 1 fully saturated rings. The molecular weight excluding hydrogens is 451 g/mol. The number of rotatable bonds is 3. The number of amides is 1. The number of nitrogens with one attached hydrogen (secondary N) is 1.